The Labute approximate surface area is 226 Å². The first kappa shape index (κ1) is 25.1. The fourth-order valence-electron chi connectivity index (χ4n) is 5.68. The molecular weight excluding hydrogens is 492 g/mol. The number of carbonyl (C=O) groups excluding carboxylic acids is 2. The number of benzene rings is 2. The number of H-pyrrole nitrogens is 2. The highest BCUT2D eigenvalue weighted by molar-refractivity contribution is 6.22. The summed E-state index contributed by atoms with van der Waals surface area (Å²) in [5.74, 6) is -0.185. The summed E-state index contributed by atoms with van der Waals surface area (Å²) in [4.78, 5) is 53.5. The summed E-state index contributed by atoms with van der Waals surface area (Å²) in [6, 6.07) is 13.5. The molecule has 0 unspecified atom stereocenters. The van der Waals surface area contributed by atoms with E-state index in [-0.39, 0.29) is 23.4 Å². The molecule has 0 aliphatic carbocycles. The first-order valence-electron chi connectivity index (χ1n) is 13.5. The molecule has 9 heteroatoms. The largest absolute Gasteiger partial charge is 0.381 e. The summed E-state index contributed by atoms with van der Waals surface area (Å²) in [6.45, 7) is 7.27. The minimum atomic E-state index is -0.286. The molecule has 0 spiro atoms. The second-order valence-electron chi connectivity index (χ2n) is 10.6. The van der Waals surface area contributed by atoms with Crippen LogP contribution in [0.15, 0.2) is 53.5 Å². The summed E-state index contributed by atoms with van der Waals surface area (Å²) in [5, 5.41) is 3.47. The van der Waals surface area contributed by atoms with E-state index in [1.807, 2.05) is 18.2 Å². The van der Waals surface area contributed by atoms with Crippen molar-refractivity contribution in [3.63, 3.8) is 0 Å². The summed E-state index contributed by atoms with van der Waals surface area (Å²) >= 11 is 0. The van der Waals surface area contributed by atoms with Gasteiger partial charge < -0.3 is 20.2 Å². The van der Waals surface area contributed by atoms with Crippen molar-refractivity contribution in [2.24, 2.45) is 0 Å². The van der Waals surface area contributed by atoms with Gasteiger partial charge in [-0.05, 0) is 75.5 Å². The number of aromatic nitrogens is 3. The zero-order valence-corrected chi connectivity index (χ0v) is 22.2. The number of carbonyl (C=O) groups is 2. The quantitative estimate of drug-likeness (QED) is 0.301. The highest BCUT2D eigenvalue weighted by Crippen LogP contribution is 2.30. The molecule has 6 rings (SSSR count). The van der Waals surface area contributed by atoms with Gasteiger partial charge in [0.05, 0.1) is 27.8 Å². The number of hydrogen-bond acceptors (Lipinski definition) is 6. The average Bonchev–Trinajstić information content (AvgIpc) is 3.63. The van der Waals surface area contributed by atoms with Gasteiger partial charge in [-0.1, -0.05) is 24.3 Å². The number of imide groups is 1. The van der Waals surface area contributed by atoms with Crippen molar-refractivity contribution in [2.75, 3.05) is 31.5 Å². The Kier molecular flexibility index (Phi) is 6.52. The monoisotopic (exact) mass is 524 g/mol. The van der Waals surface area contributed by atoms with Crippen molar-refractivity contribution in [3.05, 3.63) is 81.3 Å². The number of hydrogen-bond donors (Lipinski definition) is 3. The maximum atomic E-state index is 13.1. The Morgan fingerprint density at radius 3 is 2.51 bits per heavy atom. The van der Waals surface area contributed by atoms with Crippen molar-refractivity contribution in [1.82, 2.24) is 24.8 Å². The normalized spacial score (nSPS) is 16.3. The third-order valence-corrected chi connectivity index (χ3v) is 7.80. The van der Waals surface area contributed by atoms with Gasteiger partial charge in [0.1, 0.15) is 11.4 Å². The third-order valence-electron chi connectivity index (χ3n) is 7.80. The van der Waals surface area contributed by atoms with Crippen LogP contribution in [0.4, 0.5) is 5.69 Å². The predicted molar refractivity (Wildman–Crippen MR) is 151 cm³/mol. The molecule has 2 aromatic heterocycles. The molecule has 2 aliphatic rings. The maximum absolute atomic E-state index is 13.1. The number of imidazole rings is 1. The zero-order valence-electron chi connectivity index (χ0n) is 22.2. The van der Waals surface area contributed by atoms with Gasteiger partial charge in [-0.15, -0.1) is 0 Å². The molecule has 9 nitrogen and oxygen atoms in total. The summed E-state index contributed by atoms with van der Waals surface area (Å²) in [7, 11) is 0. The van der Waals surface area contributed by atoms with Crippen molar-refractivity contribution in [2.45, 2.75) is 39.2 Å². The number of pyridine rings is 1. The third kappa shape index (κ3) is 4.74. The van der Waals surface area contributed by atoms with Gasteiger partial charge >= 0.3 is 0 Å². The van der Waals surface area contributed by atoms with E-state index in [2.05, 4.69) is 51.1 Å². The lowest BCUT2D eigenvalue weighted by Gasteiger charge is -2.19. The minimum absolute atomic E-state index is 0.0571. The van der Waals surface area contributed by atoms with Crippen LogP contribution >= 0.6 is 0 Å². The predicted octanol–water partition coefficient (Wildman–Crippen LogP) is 3.96. The molecule has 2 amide bonds. The van der Waals surface area contributed by atoms with Crippen LogP contribution in [0.1, 0.15) is 51.6 Å². The highest BCUT2D eigenvalue weighted by atomic mass is 16.2. The van der Waals surface area contributed by atoms with Gasteiger partial charge in [-0.25, -0.2) is 4.98 Å². The number of likely N-dealkylation sites (tertiary alicyclic amines) is 1. The van der Waals surface area contributed by atoms with Crippen LogP contribution in [0, 0.1) is 6.92 Å². The van der Waals surface area contributed by atoms with Crippen molar-refractivity contribution in [1.29, 1.82) is 0 Å². The van der Waals surface area contributed by atoms with E-state index in [1.54, 1.807) is 18.3 Å². The number of aromatic amines is 2. The van der Waals surface area contributed by atoms with Crippen LogP contribution < -0.4 is 10.9 Å². The molecule has 0 bridgehead atoms. The molecule has 1 atom stereocenters. The molecule has 2 aromatic carbocycles. The first-order chi connectivity index (χ1) is 18.9. The van der Waals surface area contributed by atoms with Crippen LogP contribution in [0.5, 0.6) is 0 Å². The highest BCUT2D eigenvalue weighted by Gasteiger charge is 2.36. The van der Waals surface area contributed by atoms with Crippen LogP contribution in [0.25, 0.3) is 22.4 Å². The first-order valence-corrected chi connectivity index (χ1v) is 13.5. The maximum Gasteiger partial charge on any atom is 0.261 e. The van der Waals surface area contributed by atoms with E-state index in [0.29, 0.717) is 52.3 Å². The lowest BCUT2D eigenvalue weighted by Crippen LogP contribution is -2.37. The fourth-order valence-corrected chi connectivity index (χ4v) is 5.68. The Hall–Kier alpha value is -4.24. The Bertz CT molecular complexity index is 1580. The number of amides is 2. The SMILES string of the molecule is Cc1ccccc1C[C@H](C)Nc1cc[nH]c(=O)c1-c1nc2cc3c(cc2[nH]1)C(=O)N(CCN1CCCC1)C3=O. The molecule has 39 heavy (non-hydrogen) atoms. The number of nitrogens with one attached hydrogen (secondary N) is 3. The van der Waals surface area contributed by atoms with E-state index in [4.69, 9.17) is 0 Å². The smallest absolute Gasteiger partial charge is 0.261 e. The van der Waals surface area contributed by atoms with E-state index in [9.17, 15) is 14.4 Å². The van der Waals surface area contributed by atoms with Crippen LogP contribution in [0.3, 0.4) is 0 Å². The number of anilines is 1. The Morgan fingerprint density at radius 1 is 1.00 bits per heavy atom. The lowest BCUT2D eigenvalue weighted by atomic mass is 10.0. The van der Waals surface area contributed by atoms with E-state index in [1.165, 1.54) is 16.0 Å². The van der Waals surface area contributed by atoms with Gasteiger partial charge in [0.15, 0.2) is 0 Å². The topological polar surface area (TPSA) is 114 Å². The molecule has 0 radical (unpaired) electrons. The standard InChI is InChI=1S/C30H32N6O3/c1-18-7-3-4-8-20(18)15-19(2)32-23-9-10-31-28(37)26(23)27-33-24-16-21-22(17-25(24)34-27)30(39)36(29(21)38)14-13-35-11-5-6-12-35/h3-4,7-10,16-17,19H,5-6,11-15H2,1-2H3,(H,33,34)(H2,31,32,37)/t19-/m0/s1. The van der Waals surface area contributed by atoms with E-state index >= 15 is 0 Å². The summed E-state index contributed by atoms with van der Waals surface area (Å²) in [5.41, 5.74) is 5.10. The van der Waals surface area contributed by atoms with Crippen LogP contribution in [-0.2, 0) is 6.42 Å². The summed E-state index contributed by atoms with van der Waals surface area (Å²) < 4.78 is 0. The zero-order chi connectivity index (χ0) is 27.1. The average molecular weight is 525 g/mol. The van der Waals surface area contributed by atoms with E-state index < -0.39 is 0 Å². The molecule has 3 N–H and O–H groups in total. The van der Waals surface area contributed by atoms with Gasteiger partial charge in [0, 0.05) is 25.3 Å². The Morgan fingerprint density at radius 2 is 1.74 bits per heavy atom. The van der Waals surface area contributed by atoms with E-state index in [0.717, 1.165) is 32.4 Å². The van der Waals surface area contributed by atoms with Crippen molar-refractivity contribution >= 4 is 28.5 Å². The van der Waals surface area contributed by atoms with Crippen LogP contribution in [-0.4, -0.2) is 68.8 Å². The molecular formula is C30H32N6O3. The molecule has 200 valence electrons. The molecule has 1 fully saturated rings. The number of nitrogens with zero attached hydrogens (tertiary/aromatic N) is 3. The number of aryl methyl sites for hydroxylation is 1. The molecule has 1 saturated heterocycles. The molecule has 0 saturated carbocycles. The van der Waals surface area contributed by atoms with Gasteiger partial charge in [-0.2, -0.15) is 0 Å². The van der Waals surface area contributed by atoms with Crippen molar-refractivity contribution < 1.29 is 9.59 Å². The second-order valence-corrected chi connectivity index (χ2v) is 10.6. The molecule has 2 aliphatic heterocycles. The van der Waals surface area contributed by atoms with Gasteiger partial charge in [0.2, 0.25) is 0 Å². The van der Waals surface area contributed by atoms with Gasteiger partial charge in [0.25, 0.3) is 17.4 Å². The fraction of sp³-hybridized carbons (Fsp3) is 0.333. The minimum Gasteiger partial charge on any atom is -0.381 e. The number of fused-ring (bicyclic) bond motifs is 2. The summed E-state index contributed by atoms with van der Waals surface area (Å²) in [6.07, 6.45) is 4.73. The molecule has 4 heterocycles. The van der Waals surface area contributed by atoms with Crippen LogP contribution in [0.2, 0.25) is 0 Å². The van der Waals surface area contributed by atoms with Gasteiger partial charge in [-0.3, -0.25) is 19.3 Å². The Balaban J connectivity index is 1.27. The lowest BCUT2D eigenvalue weighted by molar-refractivity contribution is 0.0640. The molecule has 4 aromatic rings. The number of rotatable bonds is 8. The van der Waals surface area contributed by atoms with Crippen molar-refractivity contribution in [3.8, 4) is 11.4 Å². The second kappa shape index (κ2) is 10.1.